The van der Waals surface area contributed by atoms with Crippen molar-refractivity contribution < 1.29 is 28.2 Å². The standard InChI is InChI=1S/C23H24FN3O5/c1-3-23(16-5-7-17(24)8-6-16)21(29)27(22(30)25-23)14-20(28)26(2)13-15-4-9-18-19(12-15)32-11-10-31-18/h4-9,12H,3,10-11,13-14H2,1-2H3,(H,25,30). The van der Waals surface area contributed by atoms with Gasteiger partial charge in [0.25, 0.3) is 5.91 Å². The zero-order chi connectivity index (χ0) is 22.9. The molecule has 168 valence electrons. The minimum atomic E-state index is -1.32. The van der Waals surface area contributed by atoms with Gasteiger partial charge in [0.05, 0.1) is 0 Å². The Balaban J connectivity index is 1.46. The minimum Gasteiger partial charge on any atom is -0.486 e. The van der Waals surface area contributed by atoms with Gasteiger partial charge in [0.1, 0.15) is 31.1 Å². The lowest BCUT2D eigenvalue weighted by molar-refractivity contribution is -0.138. The Morgan fingerprint density at radius 1 is 1.12 bits per heavy atom. The molecule has 1 atom stereocenters. The van der Waals surface area contributed by atoms with Crippen molar-refractivity contribution in [2.75, 3.05) is 26.8 Å². The molecule has 0 saturated carbocycles. The summed E-state index contributed by atoms with van der Waals surface area (Å²) in [6, 6.07) is 10.2. The fourth-order valence-corrected chi connectivity index (χ4v) is 3.95. The van der Waals surface area contributed by atoms with Crippen molar-refractivity contribution in [3.8, 4) is 11.5 Å². The summed E-state index contributed by atoms with van der Waals surface area (Å²) in [5, 5.41) is 2.69. The lowest BCUT2D eigenvalue weighted by atomic mass is 9.87. The third-order valence-electron chi connectivity index (χ3n) is 5.79. The first-order valence-corrected chi connectivity index (χ1v) is 10.4. The molecule has 2 aliphatic heterocycles. The van der Waals surface area contributed by atoms with Gasteiger partial charge in [-0.1, -0.05) is 25.1 Å². The molecule has 4 amide bonds. The molecule has 1 saturated heterocycles. The summed E-state index contributed by atoms with van der Waals surface area (Å²) in [5.74, 6) is -0.0857. The summed E-state index contributed by atoms with van der Waals surface area (Å²) in [7, 11) is 1.60. The molecule has 2 aromatic rings. The van der Waals surface area contributed by atoms with Gasteiger partial charge >= 0.3 is 6.03 Å². The SMILES string of the molecule is CCC1(c2ccc(F)cc2)NC(=O)N(CC(=O)N(C)Cc2ccc3c(c2)OCCO3)C1=O. The van der Waals surface area contributed by atoms with E-state index in [1.807, 2.05) is 12.1 Å². The Morgan fingerprint density at radius 2 is 1.81 bits per heavy atom. The molecule has 4 rings (SSSR count). The second-order valence-corrected chi connectivity index (χ2v) is 7.82. The van der Waals surface area contributed by atoms with E-state index in [-0.39, 0.29) is 13.0 Å². The van der Waals surface area contributed by atoms with Gasteiger partial charge in [-0.2, -0.15) is 0 Å². The number of ether oxygens (including phenoxy) is 2. The number of fused-ring (bicyclic) bond motifs is 1. The molecule has 0 spiro atoms. The van der Waals surface area contributed by atoms with E-state index in [0.29, 0.717) is 30.3 Å². The van der Waals surface area contributed by atoms with Gasteiger partial charge in [-0.05, 0) is 41.8 Å². The van der Waals surface area contributed by atoms with E-state index in [1.54, 1.807) is 20.0 Å². The Morgan fingerprint density at radius 3 is 2.50 bits per heavy atom. The highest BCUT2D eigenvalue weighted by molar-refractivity contribution is 6.09. The molecule has 9 heteroatoms. The number of halogens is 1. The molecule has 2 heterocycles. The molecule has 1 fully saturated rings. The Kier molecular flexibility index (Phi) is 5.73. The largest absolute Gasteiger partial charge is 0.486 e. The van der Waals surface area contributed by atoms with Crippen molar-refractivity contribution in [2.45, 2.75) is 25.4 Å². The fraction of sp³-hybridized carbons (Fsp3) is 0.348. The number of imide groups is 1. The van der Waals surface area contributed by atoms with Crippen LogP contribution in [0.3, 0.4) is 0 Å². The highest BCUT2D eigenvalue weighted by Crippen LogP contribution is 2.33. The Labute approximate surface area is 184 Å². The van der Waals surface area contributed by atoms with Gasteiger partial charge in [-0.3, -0.25) is 14.5 Å². The fourth-order valence-electron chi connectivity index (χ4n) is 3.95. The highest BCUT2D eigenvalue weighted by atomic mass is 19.1. The number of rotatable bonds is 6. The summed E-state index contributed by atoms with van der Waals surface area (Å²) in [4.78, 5) is 40.9. The number of hydrogen-bond acceptors (Lipinski definition) is 5. The van der Waals surface area contributed by atoms with Crippen LogP contribution in [-0.2, 0) is 21.7 Å². The molecule has 0 aromatic heterocycles. The lowest BCUT2D eigenvalue weighted by Crippen LogP contribution is -2.45. The predicted molar refractivity (Wildman–Crippen MR) is 113 cm³/mol. The average Bonchev–Trinajstić information content (AvgIpc) is 3.04. The normalized spacial score (nSPS) is 19.7. The second kappa shape index (κ2) is 8.49. The number of nitrogens with one attached hydrogen (secondary N) is 1. The number of carbonyl (C=O) groups is 3. The number of carbonyl (C=O) groups excluding carboxylic acids is 3. The smallest absolute Gasteiger partial charge is 0.325 e. The quantitative estimate of drug-likeness (QED) is 0.696. The van der Waals surface area contributed by atoms with Crippen LogP contribution in [0.2, 0.25) is 0 Å². The van der Waals surface area contributed by atoms with Crippen molar-refractivity contribution >= 4 is 17.8 Å². The topological polar surface area (TPSA) is 88.2 Å². The summed E-state index contributed by atoms with van der Waals surface area (Å²) in [6.07, 6.45) is 0.265. The van der Waals surface area contributed by atoms with Gasteiger partial charge in [0, 0.05) is 13.6 Å². The summed E-state index contributed by atoms with van der Waals surface area (Å²) >= 11 is 0. The van der Waals surface area contributed by atoms with Gasteiger partial charge in [0.2, 0.25) is 5.91 Å². The molecule has 0 radical (unpaired) electrons. The number of nitrogens with zero attached hydrogens (tertiary/aromatic N) is 2. The first-order chi connectivity index (χ1) is 15.3. The number of hydrogen-bond donors (Lipinski definition) is 1. The van der Waals surface area contributed by atoms with Crippen molar-refractivity contribution in [2.24, 2.45) is 0 Å². The maximum Gasteiger partial charge on any atom is 0.325 e. The molecule has 0 bridgehead atoms. The van der Waals surface area contributed by atoms with Crippen molar-refractivity contribution in [1.29, 1.82) is 0 Å². The van der Waals surface area contributed by atoms with Crippen LogP contribution in [0.15, 0.2) is 42.5 Å². The zero-order valence-corrected chi connectivity index (χ0v) is 17.9. The van der Waals surface area contributed by atoms with E-state index in [0.717, 1.165) is 10.5 Å². The van der Waals surface area contributed by atoms with Crippen LogP contribution in [0.25, 0.3) is 0 Å². The molecule has 8 nitrogen and oxygen atoms in total. The van der Waals surface area contributed by atoms with Crippen LogP contribution >= 0.6 is 0 Å². The van der Waals surface area contributed by atoms with E-state index < -0.39 is 35.7 Å². The van der Waals surface area contributed by atoms with Gasteiger partial charge in [-0.15, -0.1) is 0 Å². The third kappa shape index (κ3) is 3.86. The number of likely N-dealkylation sites (N-methyl/N-ethyl adjacent to an activating group) is 1. The number of urea groups is 1. The Bertz CT molecular complexity index is 1060. The van der Waals surface area contributed by atoms with Crippen LogP contribution in [0.4, 0.5) is 9.18 Å². The monoisotopic (exact) mass is 441 g/mol. The van der Waals surface area contributed by atoms with E-state index in [1.165, 1.54) is 29.2 Å². The van der Waals surface area contributed by atoms with E-state index in [9.17, 15) is 18.8 Å². The minimum absolute atomic E-state index is 0.265. The first kappa shape index (κ1) is 21.6. The summed E-state index contributed by atoms with van der Waals surface area (Å²) in [5.41, 5.74) is -0.0183. The molecule has 1 unspecified atom stereocenters. The molecular formula is C23H24FN3O5. The predicted octanol–water partition coefficient (Wildman–Crippen LogP) is 2.41. The molecule has 2 aliphatic rings. The maximum absolute atomic E-state index is 13.3. The summed E-state index contributed by atoms with van der Waals surface area (Å²) in [6.45, 7) is 2.59. The number of amides is 4. The van der Waals surface area contributed by atoms with Crippen LogP contribution in [0, 0.1) is 5.82 Å². The van der Waals surface area contributed by atoms with Gasteiger partial charge in [0.15, 0.2) is 11.5 Å². The molecule has 1 N–H and O–H groups in total. The zero-order valence-electron chi connectivity index (χ0n) is 17.9. The van der Waals surface area contributed by atoms with Crippen molar-refractivity contribution in [1.82, 2.24) is 15.1 Å². The third-order valence-corrected chi connectivity index (χ3v) is 5.79. The van der Waals surface area contributed by atoms with Crippen LogP contribution in [0.5, 0.6) is 11.5 Å². The Hall–Kier alpha value is -3.62. The van der Waals surface area contributed by atoms with Crippen molar-refractivity contribution in [3.05, 3.63) is 59.4 Å². The molecule has 32 heavy (non-hydrogen) atoms. The molecule has 0 aliphatic carbocycles. The van der Waals surface area contributed by atoms with E-state index >= 15 is 0 Å². The second-order valence-electron chi connectivity index (χ2n) is 7.82. The first-order valence-electron chi connectivity index (χ1n) is 10.4. The van der Waals surface area contributed by atoms with E-state index in [4.69, 9.17) is 9.47 Å². The van der Waals surface area contributed by atoms with Crippen LogP contribution in [-0.4, -0.2) is 54.5 Å². The van der Waals surface area contributed by atoms with Gasteiger partial charge in [-0.25, -0.2) is 9.18 Å². The number of benzene rings is 2. The van der Waals surface area contributed by atoms with Crippen molar-refractivity contribution in [3.63, 3.8) is 0 Å². The van der Waals surface area contributed by atoms with Crippen LogP contribution < -0.4 is 14.8 Å². The highest BCUT2D eigenvalue weighted by Gasteiger charge is 2.51. The van der Waals surface area contributed by atoms with Crippen LogP contribution in [0.1, 0.15) is 24.5 Å². The molecular weight excluding hydrogens is 417 g/mol. The summed E-state index contributed by atoms with van der Waals surface area (Å²) < 4.78 is 24.4. The van der Waals surface area contributed by atoms with E-state index in [2.05, 4.69) is 5.32 Å². The van der Waals surface area contributed by atoms with Gasteiger partial charge < -0.3 is 19.7 Å². The maximum atomic E-state index is 13.3. The molecule has 2 aromatic carbocycles. The average molecular weight is 441 g/mol. The lowest BCUT2D eigenvalue weighted by Gasteiger charge is -2.26.